The van der Waals surface area contributed by atoms with Crippen LogP contribution in [0.5, 0.6) is 0 Å². The summed E-state index contributed by atoms with van der Waals surface area (Å²) in [5.74, 6) is 1.04. The van der Waals surface area contributed by atoms with Crippen molar-refractivity contribution in [3.05, 3.63) is 30.1 Å². The van der Waals surface area contributed by atoms with Gasteiger partial charge in [-0.15, -0.1) is 20.4 Å². The predicted molar refractivity (Wildman–Crippen MR) is 83.5 cm³/mol. The maximum atomic E-state index is 6.07. The van der Waals surface area contributed by atoms with E-state index in [0.717, 1.165) is 11.0 Å². The second kappa shape index (κ2) is 5.10. The number of aromatic nitrogens is 4. The molecule has 0 unspecified atom stereocenters. The Balaban J connectivity index is 1.91. The van der Waals surface area contributed by atoms with Gasteiger partial charge in [0, 0.05) is 5.56 Å². The fraction of sp³-hybridized carbons (Fsp3) is 0.467. The van der Waals surface area contributed by atoms with Gasteiger partial charge in [0.2, 0.25) is 5.82 Å². The van der Waals surface area contributed by atoms with E-state index in [-0.39, 0.29) is 11.2 Å². The molecule has 0 aliphatic carbocycles. The number of nitrogens with zero attached hydrogens (tertiary/aromatic N) is 4. The van der Waals surface area contributed by atoms with Gasteiger partial charge in [-0.05, 0) is 40.1 Å². The molecule has 2 aromatic rings. The van der Waals surface area contributed by atoms with Crippen molar-refractivity contribution in [3.63, 3.8) is 0 Å². The average molecular weight is 298 g/mol. The van der Waals surface area contributed by atoms with E-state index in [4.69, 9.17) is 9.31 Å². The van der Waals surface area contributed by atoms with E-state index in [2.05, 4.69) is 20.4 Å². The van der Waals surface area contributed by atoms with Gasteiger partial charge in [0.25, 0.3) is 0 Å². The van der Waals surface area contributed by atoms with Gasteiger partial charge in [-0.1, -0.05) is 24.3 Å². The molecule has 1 aromatic heterocycles. The van der Waals surface area contributed by atoms with Crippen LogP contribution in [0, 0.1) is 6.92 Å². The fourth-order valence-corrected chi connectivity index (χ4v) is 2.20. The molecule has 1 aliphatic heterocycles. The Labute approximate surface area is 130 Å². The molecule has 3 rings (SSSR count). The standard InChI is InChI=1S/C15H19BN4O2/c1-10-17-19-13(20-18-10)11-7-6-8-12(9-11)16-21-14(2,3)15(4,5)22-16/h6-9H,1-5H3. The maximum Gasteiger partial charge on any atom is 0.494 e. The largest absolute Gasteiger partial charge is 0.494 e. The molecule has 0 atom stereocenters. The molecule has 1 fully saturated rings. The summed E-state index contributed by atoms with van der Waals surface area (Å²) in [6.45, 7) is 9.90. The first kappa shape index (κ1) is 15.1. The Morgan fingerprint density at radius 1 is 0.909 bits per heavy atom. The molecule has 0 spiro atoms. The van der Waals surface area contributed by atoms with Crippen LogP contribution in [0.25, 0.3) is 11.4 Å². The van der Waals surface area contributed by atoms with Crippen molar-refractivity contribution in [1.29, 1.82) is 0 Å². The van der Waals surface area contributed by atoms with Crippen LogP contribution in [0.3, 0.4) is 0 Å². The van der Waals surface area contributed by atoms with Crippen LogP contribution in [0.15, 0.2) is 24.3 Å². The SMILES string of the molecule is Cc1nnc(-c2cccc(B3OC(C)(C)C(C)(C)O3)c2)nn1. The summed E-state index contributed by atoms with van der Waals surface area (Å²) in [7, 11) is -0.406. The van der Waals surface area contributed by atoms with Crippen LogP contribution in [0.1, 0.15) is 33.5 Å². The molecule has 2 heterocycles. The zero-order chi connectivity index (χ0) is 16.0. The fourth-order valence-electron chi connectivity index (χ4n) is 2.20. The lowest BCUT2D eigenvalue weighted by atomic mass is 9.78. The molecule has 0 bridgehead atoms. The molecule has 0 amide bonds. The monoisotopic (exact) mass is 298 g/mol. The average Bonchev–Trinajstić information content (AvgIpc) is 2.68. The zero-order valence-electron chi connectivity index (χ0n) is 13.5. The molecule has 0 N–H and O–H groups in total. The van der Waals surface area contributed by atoms with E-state index in [9.17, 15) is 0 Å². The summed E-state index contributed by atoms with van der Waals surface area (Å²) in [5.41, 5.74) is 1.04. The molecular weight excluding hydrogens is 279 g/mol. The summed E-state index contributed by atoms with van der Waals surface area (Å²) in [5, 5.41) is 16.0. The van der Waals surface area contributed by atoms with Gasteiger partial charge in [-0.2, -0.15) is 0 Å². The topological polar surface area (TPSA) is 70.0 Å². The van der Waals surface area contributed by atoms with Crippen LogP contribution in [-0.2, 0) is 9.31 Å². The minimum absolute atomic E-state index is 0.364. The summed E-state index contributed by atoms with van der Waals surface area (Å²) >= 11 is 0. The van der Waals surface area contributed by atoms with E-state index in [1.807, 2.05) is 52.0 Å². The van der Waals surface area contributed by atoms with Crippen molar-refractivity contribution in [2.24, 2.45) is 0 Å². The Hall–Kier alpha value is -1.86. The highest BCUT2D eigenvalue weighted by Crippen LogP contribution is 2.36. The van der Waals surface area contributed by atoms with Crippen molar-refractivity contribution in [1.82, 2.24) is 20.4 Å². The highest BCUT2D eigenvalue weighted by molar-refractivity contribution is 6.62. The predicted octanol–water partition coefficient (Wildman–Crippen LogP) is 1.54. The smallest absolute Gasteiger partial charge is 0.399 e. The Bertz CT molecular complexity index is 672. The molecule has 6 nitrogen and oxygen atoms in total. The molecule has 114 valence electrons. The summed E-state index contributed by atoms with van der Waals surface area (Å²) in [4.78, 5) is 0. The van der Waals surface area contributed by atoms with Crippen LogP contribution in [-0.4, -0.2) is 38.7 Å². The van der Waals surface area contributed by atoms with E-state index in [1.165, 1.54) is 0 Å². The van der Waals surface area contributed by atoms with Crippen molar-refractivity contribution in [2.75, 3.05) is 0 Å². The third-order valence-corrected chi connectivity index (χ3v) is 4.25. The highest BCUT2D eigenvalue weighted by Gasteiger charge is 2.51. The number of hydrogen-bond donors (Lipinski definition) is 0. The van der Waals surface area contributed by atoms with Crippen LogP contribution in [0.4, 0.5) is 0 Å². The van der Waals surface area contributed by atoms with Gasteiger partial charge in [0.05, 0.1) is 11.2 Å². The van der Waals surface area contributed by atoms with E-state index in [0.29, 0.717) is 11.6 Å². The first-order chi connectivity index (χ1) is 10.3. The minimum atomic E-state index is -0.406. The van der Waals surface area contributed by atoms with E-state index < -0.39 is 7.12 Å². The summed E-state index contributed by atoms with van der Waals surface area (Å²) in [6.07, 6.45) is 0. The first-order valence-electron chi connectivity index (χ1n) is 7.28. The lowest BCUT2D eigenvalue weighted by Crippen LogP contribution is -2.41. The maximum absolute atomic E-state index is 6.07. The molecule has 22 heavy (non-hydrogen) atoms. The Morgan fingerprint density at radius 3 is 2.09 bits per heavy atom. The van der Waals surface area contributed by atoms with Gasteiger partial charge in [0.1, 0.15) is 0 Å². The Kier molecular flexibility index (Phi) is 3.49. The number of rotatable bonds is 2. The van der Waals surface area contributed by atoms with Crippen LogP contribution < -0.4 is 5.46 Å². The van der Waals surface area contributed by atoms with Gasteiger partial charge < -0.3 is 9.31 Å². The van der Waals surface area contributed by atoms with Crippen LogP contribution in [0.2, 0.25) is 0 Å². The van der Waals surface area contributed by atoms with Crippen molar-refractivity contribution in [2.45, 2.75) is 45.8 Å². The molecule has 0 radical (unpaired) electrons. The van der Waals surface area contributed by atoms with Gasteiger partial charge >= 0.3 is 7.12 Å². The molecule has 1 aromatic carbocycles. The highest BCUT2D eigenvalue weighted by atomic mass is 16.7. The van der Waals surface area contributed by atoms with Gasteiger partial charge in [-0.25, -0.2) is 0 Å². The van der Waals surface area contributed by atoms with Gasteiger partial charge in [0.15, 0.2) is 5.82 Å². The van der Waals surface area contributed by atoms with Gasteiger partial charge in [-0.3, -0.25) is 0 Å². The van der Waals surface area contributed by atoms with Crippen molar-refractivity contribution < 1.29 is 9.31 Å². The lowest BCUT2D eigenvalue weighted by Gasteiger charge is -2.32. The first-order valence-corrected chi connectivity index (χ1v) is 7.28. The normalized spacial score (nSPS) is 19.4. The van der Waals surface area contributed by atoms with E-state index in [1.54, 1.807) is 6.92 Å². The summed E-state index contributed by atoms with van der Waals surface area (Å²) < 4.78 is 12.1. The number of aryl methyl sites for hydroxylation is 1. The minimum Gasteiger partial charge on any atom is -0.399 e. The third kappa shape index (κ3) is 2.62. The second-order valence-corrected chi connectivity index (χ2v) is 6.48. The summed E-state index contributed by atoms with van der Waals surface area (Å²) in [6, 6.07) is 7.78. The molecule has 1 saturated heterocycles. The molecular formula is C15H19BN4O2. The molecule has 1 aliphatic rings. The van der Waals surface area contributed by atoms with Crippen molar-refractivity contribution in [3.8, 4) is 11.4 Å². The quantitative estimate of drug-likeness (QED) is 0.783. The van der Waals surface area contributed by atoms with Crippen molar-refractivity contribution >= 4 is 12.6 Å². The zero-order valence-corrected chi connectivity index (χ0v) is 13.5. The van der Waals surface area contributed by atoms with E-state index >= 15 is 0 Å². The molecule has 7 heteroatoms. The molecule has 0 saturated carbocycles. The third-order valence-electron chi connectivity index (χ3n) is 4.25. The second-order valence-electron chi connectivity index (χ2n) is 6.48. The lowest BCUT2D eigenvalue weighted by molar-refractivity contribution is 0.00578. The number of benzene rings is 1. The number of hydrogen-bond acceptors (Lipinski definition) is 6. The Morgan fingerprint density at radius 2 is 1.50 bits per heavy atom. The van der Waals surface area contributed by atoms with Crippen LogP contribution >= 0.6 is 0 Å².